The van der Waals surface area contributed by atoms with Crippen LogP contribution in [0.15, 0.2) is 52.9 Å². The van der Waals surface area contributed by atoms with Gasteiger partial charge in [0.2, 0.25) is 5.13 Å². The highest BCUT2D eigenvalue weighted by atomic mass is 32.1. The fourth-order valence-corrected chi connectivity index (χ4v) is 3.22. The topological polar surface area (TPSA) is 98.9 Å². The summed E-state index contributed by atoms with van der Waals surface area (Å²) in [5.74, 6) is 0.994. The monoisotopic (exact) mass is 412 g/mol. The maximum atomic E-state index is 11.3. The van der Waals surface area contributed by atoms with Gasteiger partial charge >= 0.3 is 5.69 Å². The van der Waals surface area contributed by atoms with Gasteiger partial charge in [-0.1, -0.05) is 19.1 Å². The van der Waals surface area contributed by atoms with Gasteiger partial charge in [-0.25, -0.2) is 4.98 Å². The number of hydrogen-bond acceptors (Lipinski definition) is 8. The minimum atomic E-state index is -0.462. The molecule has 9 heteroatoms. The van der Waals surface area contributed by atoms with Gasteiger partial charge in [-0.05, 0) is 30.7 Å². The molecule has 3 aromatic rings. The standard InChI is InChI=1S/C20H20N4O4S/c1-3-10-28-19-9-8-14(11-17(19)24(25)26)12-21-23-20-22-16(13-29-20)15-6-4-5-7-18(15)27-2/h4-9,11-13H,3,10H2,1-2H3,(H,22,23)/b21-12-. The number of thiazole rings is 1. The lowest BCUT2D eigenvalue weighted by Crippen LogP contribution is -2.00. The number of hydrazone groups is 1. The first-order valence-electron chi connectivity index (χ1n) is 8.91. The van der Waals surface area contributed by atoms with Crippen molar-refractivity contribution in [2.24, 2.45) is 5.10 Å². The van der Waals surface area contributed by atoms with E-state index in [1.165, 1.54) is 23.6 Å². The molecule has 2 aromatic carbocycles. The summed E-state index contributed by atoms with van der Waals surface area (Å²) >= 11 is 1.40. The van der Waals surface area contributed by atoms with Crippen LogP contribution < -0.4 is 14.9 Å². The molecule has 150 valence electrons. The van der Waals surface area contributed by atoms with Crippen LogP contribution in [0.3, 0.4) is 0 Å². The van der Waals surface area contributed by atoms with E-state index in [1.54, 1.807) is 19.2 Å². The van der Waals surface area contributed by atoms with Crippen LogP contribution in [0.5, 0.6) is 11.5 Å². The first-order valence-corrected chi connectivity index (χ1v) is 9.79. The van der Waals surface area contributed by atoms with Gasteiger partial charge in [-0.3, -0.25) is 15.5 Å². The molecule has 0 atom stereocenters. The first-order chi connectivity index (χ1) is 14.1. The van der Waals surface area contributed by atoms with Crippen molar-refractivity contribution in [1.29, 1.82) is 0 Å². The largest absolute Gasteiger partial charge is 0.496 e. The van der Waals surface area contributed by atoms with Crippen molar-refractivity contribution in [1.82, 2.24) is 4.98 Å². The summed E-state index contributed by atoms with van der Waals surface area (Å²) in [6.07, 6.45) is 2.27. The number of anilines is 1. The molecule has 0 aliphatic carbocycles. The number of hydrogen-bond donors (Lipinski definition) is 1. The van der Waals surface area contributed by atoms with Crippen LogP contribution in [0.4, 0.5) is 10.8 Å². The lowest BCUT2D eigenvalue weighted by Gasteiger charge is -2.05. The number of nitro benzene ring substituents is 1. The molecule has 0 bridgehead atoms. The van der Waals surface area contributed by atoms with E-state index in [2.05, 4.69) is 15.5 Å². The first kappa shape index (κ1) is 20.3. The van der Waals surface area contributed by atoms with Gasteiger partial charge in [0.15, 0.2) is 5.75 Å². The van der Waals surface area contributed by atoms with E-state index in [1.807, 2.05) is 36.6 Å². The smallest absolute Gasteiger partial charge is 0.311 e. The molecule has 0 amide bonds. The minimum absolute atomic E-state index is 0.0879. The molecule has 0 aliphatic heterocycles. The van der Waals surface area contributed by atoms with Crippen LogP contribution in [0.25, 0.3) is 11.3 Å². The Morgan fingerprint density at radius 2 is 2.10 bits per heavy atom. The van der Waals surface area contributed by atoms with Crippen molar-refractivity contribution in [3.8, 4) is 22.8 Å². The zero-order valence-corrected chi connectivity index (χ0v) is 16.8. The highest BCUT2D eigenvalue weighted by Gasteiger charge is 2.15. The zero-order valence-electron chi connectivity index (χ0n) is 16.0. The molecule has 0 radical (unpaired) electrons. The fourth-order valence-electron chi connectivity index (χ4n) is 2.56. The molecule has 0 unspecified atom stereocenters. The summed E-state index contributed by atoms with van der Waals surface area (Å²) in [6, 6.07) is 12.4. The van der Waals surface area contributed by atoms with Crippen molar-refractivity contribution < 1.29 is 14.4 Å². The van der Waals surface area contributed by atoms with Gasteiger partial charge < -0.3 is 9.47 Å². The zero-order chi connectivity index (χ0) is 20.6. The Morgan fingerprint density at radius 3 is 2.86 bits per heavy atom. The van der Waals surface area contributed by atoms with E-state index in [9.17, 15) is 10.1 Å². The number of rotatable bonds is 9. The van der Waals surface area contributed by atoms with Crippen LogP contribution in [0.2, 0.25) is 0 Å². The fraction of sp³-hybridized carbons (Fsp3) is 0.200. The minimum Gasteiger partial charge on any atom is -0.496 e. The number of nitrogens with one attached hydrogen (secondary N) is 1. The Labute approximate surface area is 172 Å². The van der Waals surface area contributed by atoms with Crippen LogP contribution >= 0.6 is 11.3 Å². The number of nitrogens with zero attached hydrogens (tertiary/aromatic N) is 3. The third-order valence-electron chi connectivity index (χ3n) is 3.90. The summed E-state index contributed by atoms with van der Waals surface area (Å²) in [6.45, 7) is 2.37. The molecule has 3 rings (SSSR count). The second-order valence-corrected chi connectivity index (χ2v) is 6.80. The molecule has 1 N–H and O–H groups in total. The van der Waals surface area contributed by atoms with Gasteiger partial charge in [0.1, 0.15) is 5.75 Å². The molecular weight excluding hydrogens is 392 g/mol. The van der Waals surface area contributed by atoms with Crippen LogP contribution in [-0.2, 0) is 0 Å². The Balaban J connectivity index is 1.71. The highest BCUT2D eigenvalue weighted by molar-refractivity contribution is 7.14. The maximum absolute atomic E-state index is 11.3. The van der Waals surface area contributed by atoms with E-state index >= 15 is 0 Å². The lowest BCUT2D eigenvalue weighted by atomic mass is 10.1. The Hall–Kier alpha value is -3.46. The molecule has 0 saturated heterocycles. The van der Waals surface area contributed by atoms with Crippen molar-refractivity contribution in [3.05, 3.63) is 63.5 Å². The molecule has 0 aliphatic rings. The van der Waals surface area contributed by atoms with E-state index in [0.29, 0.717) is 17.3 Å². The Kier molecular flexibility index (Phi) is 6.75. The summed E-state index contributed by atoms with van der Waals surface area (Å²) in [4.78, 5) is 15.3. The molecule has 8 nitrogen and oxygen atoms in total. The SMILES string of the molecule is CCCOc1ccc(/C=N\Nc2nc(-c3ccccc3OC)cs2)cc1[N+](=O)[O-]. The molecule has 1 aromatic heterocycles. The number of para-hydroxylation sites is 1. The van der Waals surface area contributed by atoms with Crippen LogP contribution in [0.1, 0.15) is 18.9 Å². The summed E-state index contributed by atoms with van der Waals surface area (Å²) in [5, 5.41) is 17.9. The lowest BCUT2D eigenvalue weighted by molar-refractivity contribution is -0.385. The third-order valence-corrected chi connectivity index (χ3v) is 4.65. The quantitative estimate of drug-likeness (QED) is 0.303. The normalized spacial score (nSPS) is 10.8. The van der Waals surface area contributed by atoms with Crippen LogP contribution in [-0.4, -0.2) is 29.8 Å². The van der Waals surface area contributed by atoms with Crippen LogP contribution in [0, 0.1) is 10.1 Å². The van der Waals surface area contributed by atoms with Gasteiger partial charge in [-0.15, -0.1) is 11.3 Å². The van der Waals surface area contributed by atoms with Crippen molar-refractivity contribution in [2.75, 3.05) is 19.1 Å². The number of aromatic nitrogens is 1. The van der Waals surface area contributed by atoms with Gasteiger partial charge in [0, 0.05) is 22.6 Å². The summed E-state index contributed by atoms with van der Waals surface area (Å²) in [5.41, 5.74) is 5.01. The average molecular weight is 412 g/mol. The van der Waals surface area contributed by atoms with Crippen molar-refractivity contribution in [3.63, 3.8) is 0 Å². The average Bonchev–Trinajstić information content (AvgIpc) is 3.21. The van der Waals surface area contributed by atoms with Gasteiger partial charge in [0.25, 0.3) is 0 Å². The number of ether oxygens (including phenoxy) is 2. The molecule has 29 heavy (non-hydrogen) atoms. The van der Waals surface area contributed by atoms with E-state index in [4.69, 9.17) is 9.47 Å². The second-order valence-electron chi connectivity index (χ2n) is 5.94. The molecule has 1 heterocycles. The van der Waals surface area contributed by atoms with E-state index in [0.717, 1.165) is 23.4 Å². The Morgan fingerprint density at radius 1 is 1.28 bits per heavy atom. The van der Waals surface area contributed by atoms with E-state index in [-0.39, 0.29) is 11.4 Å². The van der Waals surface area contributed by atoms with E-state index < -0.39 is 4.92 Å². The predicted molar refractivity (Wildman–Crippen MR) is 114 cm³/mol. The molecule has 0 spiro atoms. The third kappa shape index (κ3) is 5.08. The predicted octanol–water partition coefficient (Wildman–Crippen LogP) is 4.96. The molecular formula is C20H20N4O4S. The number of nitro groups is 1. The molecule has 0 fully saturated rings. The molecule has 0 saturated carbocycles. The van der Waals surface area contributed by atoms with Gasteiger partial charge in [-0.2, -0.15) is 5.10 Å². The van der Waals surface area contributed by atoms with Gasteiger partial charge in [0.05, 0.1) is 30.5 Å². The number of benzene rings is 2. The summed E-state index contributed by atoms with van der Waals surface area (Å²) < 4.78 is 10.8. The van der Waals surface area contributed by atoms with Crippen molar-refractivity contribution in [2.45, 2.75) is 13.3 Å². The Bertz CT molecular complexity index is 1020. The number of methoxy groups -OCH3 is 1. The summed E-state index contributed by atoms with van der Waals surface area (Å²) in [7, 11) is 1.62. The maximum Gasteiger partial charge on any atom is 0.311 e. The second kappa shape index (κ2) is 9.65. The van der Waals surface area contributed by atoms with Crippen molar-refractivity contribution >= 4 is 28.4 Å². The highest BCUT2D eigenvalue weighted by Crippen LogP contribution is 2.32.